The molecule has 0 aromatic rings. The van der Waals surface area contributed by atoms with E-state index in [2.05, 4.69) is 5.32 Å². The van der Waals surface area contributed by atoms with Crippen molar-refractivity contribution in [1.29, 1.82) is 0 Å². The van der Waals surface area contributed by atoms with Crippen LogP contribution in [0, 0.1) is 0 Å². The van der Waals surface area contributed by atoms with E-state index in [1.165, 1.54) is 0 Å². The van der Waals surface area contributed by atoms with Crippen molar-refractivity contribution in [2.45, 2.75) is 0 Å². The van der Waals surface area contributed by atoms with E-state index in [4.69, 9.17) is 5.73 Å². The highest BCUT2D eigenvalue weighted by molar-refractivity contribution is 6.38. The van der Waals surface area contributed by atoms with Crippen molar-refractivity contribution in [1.82, 2.24) is 16.0 Å². The minimum atomic E-state index is -1.13. The summed E-state index contributed by atoms with van der Waals surface area (Å²) in [6.45, 7) is 0.322. The largest absolute Gasteiger partial charge is 0.346 e. The molecule has 1 saturated heterocycles. The quantitative estimate of drug-likeness (QED) is 0.426. The van der Waals surface area contributed by atoms with Crippen molar-refractivity contribution in [2.75, 3.05) is 13.1 Å². The molecule has 11 heavy (non-hydrogen) atoms. The number of piperazine rings is 1. The van der Waals surface area contributed by atoms with Gasteiger partial charge >= 0.3 is 17.8 Å². The van der Waals surface area contributed by atoms with Gasteiger partial charge in [-0.15, -0.1) is 0 Å². The summed E-state index contributed by atoms with van der Waals surface area (Å²) < 4.78 is 0. The second kappa shape index (κ2) is 2.57. The third-order valence-corrected chi connectivity index (χ3v) is 1.31. The monoisotopic (exact) mass is 156 g/mol. The lowest BCUT2D eigenvalue weighted by Gasteiger charge is -2.21. The van der Waals surface area contributed by atoms with E-state index in [0.29, 0.717) is 4.90 Å². The van der Waals surface area contributed by atoms with Gasteiger partial charge in [0.1, 0.15) is 0 Å². The lowest BCUT2D eigenvalue weighted by atomic mass is 10.3. The first kappa shape index (κ1) is 7.52. The van der Waals surface area contributed by atoms with Crippen LogP contribution in [0.2, 0.25) is 0 Å². The first-order valence-electron chi connectivity index (χ1n) is 2.98. The van der Waals surface area contributed by atoms with Crippen molar-refractivity contribution in [3.63, 3.8) is 0 Å². The number of carbonyl (C=O) groups is 3. The molecule has 1 radical (unpaired) electrons. The molecule has 0 aliphatic carbocycles. The van der Waals surface area contributed by atoms with E-state index in [1.54, 1.807) is 0 Å². The molecule has 0 unspecified atom stereocenters. The van der Waals surface area contributed by atoms with Crippen molar-refractivity contribution < 1.29 is 14.4 Å². The molecular formula is C5H6N3O3. The van der Waals surface area contributed by atoms with Gasteiger partial charge in [0.15, 0.2) is 0 Å². The Labute approximate surface area is 62.3 Å². The predicted octanol–water partition coefficient (Wildman–Crippen LogP) is -1.65. The highest BCUT2D eigenvalue weighted by Gasteiger charge is 2.29. The second-order valence-corrected chi connectivity index (χ2v) is 2.02. The molecule has 0 saturated carbocycles. The molecule has 0 aromatic carbocycles. The number of urea groups is 1. The fraction of sp³-hybridized carbons (Fsp3) is 0.400. The van der Waals surface area contributed by atoms with E-state index in [-0.39, 0.29) is 13.1 Å². The van der Waals surface area contributed by atoms with Gasteiger partial charge in [-0.3, -0.25) is 14.5 Å². The number of carbonyl (C=O) groups excluding carboxylic acids is 3. The Morgan fingerprint density at radius 3 is 2.64 bits per heavy atom. The van der Waals surface area contributed by atoms with Crippen LogP contribution in [-0.4, -0.2) is 35.8 Å². The van der Waals surface area contributed by atoms with Gasteiger partial charge < -0.3 is 5.32 Å². The summed E-state index contributed by atoms with van der Waals surface area (Å²) in [4.78, 5) is 32.3. The van der Waals surface area contributed by atoms with E-state index in [1.807, 2.05) is 0 Å². The Balaban J connectivity index is 2.74. The van der Waals surface area contributed by atoms with Gasteiger partial charge in [-0.25, -0.2) is 10.5 Å². The molecule has 59 valence electrons. The zero-order valence-electron chi connectivity index (χ0n) is 5.59. The van der Waals surface area contributed by atoms with Crippen molar-refractivity contribution in [3.8, 4) is 0 Å². The SMILES string of the molecule is [NH]C(=O)N1CCNC(=O)C1=O. The Bertz CT molecular complexity index is 225. The predicted molar refractivity (Wildman–Crippen MR) is 33.2 cm³/mol. The minimum absolute atomic E-state index is 0.0902. The molecule has 1 rings (SSSR count). The maximum absolute atomic E-state index is 10.7. The highest BCUT2D eigenvalue weighted by Crippen LogP contribution is 1.94. The van der Waals surface area contributed by atoms with E-state index < -0.39 is 17.8 Å². The summed E-state index contributed by atoms with van der Waals surface area (Å²) >= 11 is 0. The third kappa shape index (κ3) is 1.28. The van der Waals surface area contributed by atoms with Crippen LogP contribution in [0.5, 0.6) is 0 Å². The Morgan fingerprint density at radius 2 is 2.18 bits per heavy atom. The Hall–Kier alpha value is -1.59. The van der Waals surface area contributed by atoms with Crippen LogP contribution < -0.4 is 11.1 Å². The number of imide groups is 1. The second-order valence-electron chi connectivity index (χ2n) is 2.02. The summed E-state index contributed by atoms with van der Waals surface area (Å²) in [5.41, 5.74) is 6.58. The Morgan fingerprint density at radius 1 is 1.55 bits per heavy atom. The summed E-state index contributed by atoms with van der Waals surface area (Å²) in [7, 11) is 0. The average Bonchev–Trinajstić information content (AvgIpc) is 1.94. The molecule has 0 aromatic heterocycles. The van der Waals surface area contributed by atoms with E-state index >= 15 is 0 Å². The summed E-state index contributed by atoms with van der Waals surface area (Å²) in [5, 5.41) is 2.25. The highest BCUT2D eigenvalue weighted by atomic mass is 16.2. The van der Waals surface area contributed by atoms with Gasteiger partial charge in [0, 0.05) is 13.1 Å². The van der Waals surface area contributed by atoms with Crippen LogP contribution in [0.25, 0.3) is 0 Å². The number of rotatable bonds is 0. The molecule has 1 aliphatic heterocycles. The fourth-order valence-electron chi connectivity index (χ4n) is 0.775. The van der Waals surface area contributed by atoms with Gasteiger partial charge in [-0.05, 0) is 0 Å². The number of nitrogens with one attached hydrogen (secondary N) is 2. The molecule has 1 fully saturated rings. The topological polar surface area (TPSA) is 90.3 Å². The molecule has 1 heterocycles. The standard InChI is InChI=1S/C5H6N3O3/c6-5(11)8-2-1-7-3(9)4(8)10/h6H,1-2H2,(H,7,9). The van der Waals surface area contributed by atoms with Gasteiger partial charge in [0.05, 0.1) is 0 Å². The molecule has 6 heteroatoms. The van der Waals surface area contributed by atoms with Gasteiger partial charge in [-0.1, -0.05) is 0 Å². The van der Waals surface area contributed by atoms with Crippen LogP contribution in [0.15, 0.2) is 0 Å². The number of amides is 4. The number of hydrogen-bond donors (Lipinski definition) is 1. The number of hydrogen-bond acceptors (Lipinski definition) is 3. The van der Waals surface area contributed by atoms with Gasteiger partial charge in [0.25, 0.3) is 0 Å². The van der Waals surface area contributed by atoms with E-state index in [0.717, 1.165) is 0 Å². The summed E-state index contributed by atoms with van der Waals surface area (Å²) in [6.07, 6.45) is 0. The zero-order chi connectivity index (χ0) is 8.43. The smallest absolute Gasteiger partial charge is 0.343 e. The maximum atomic E-state index is 10.7. The minimum Gasteiger partial charge on any atom is -0.346 e. The fourth-order valence-corrected chi connectivity index (χ4v) is 0.775. The molecule has 2 N–H and O–H groups in total. The molecular weight excluding hydrogens is 150 g/mol. The normalized spacial score (nSPS) is 18.0. The maximum Gasteiger partial charge on any atom is 0.343 e. The van der Waals surface area contributed by atoms with Crippen LogP contribution in [-0.2, 0) is 9.59 Å². The molecule has 4 amide bonds. The summed E-state index contributed by atoms with van der Waals surface area (Å²) in [6, 6.07) is -1.13. The van der Waals surface area contributed by atoms with Crippen LogP contribution in [0.1, 0.15) is 0 Å². The first-order valence-corrected chi connectivity index (χ1v) is 2.98. The van der Waals surface area contributed by atoms with Crippen LogP contribution >= 0.6 is 0 Å². The lowest BCUT2D eigenvalue weighted by Crippen LogP contribution is -2.54. The molecule has 0 bridgehead atoms. The average molecular weight is 156 g/mol. The molecule has 0 spiro atoms. The lowest BCUT2D eigenvalue weighted by molar-refractivity contribution is -0.145. The van der Waals surface area contributed by atoms with Crippen molar-refractivity contribution in [3.05, 3.63) is 0 Å². The van der Waals surface area contributed by atoms with Crippen molar-refractivity contribution >= 4 is 17.8 Å². The van der Waals surface area contributed by atoms with Gasteiger partial charge in [-0.2, -0.15) is 0 Å². The van der Waals surface area contributed by atoms with E-state index in [9.17, 15) is 14.4 Å². The molecule has 6 nitrogen and oxygen atoms in total. The van der Waals surface area contributed by atoms with Crippen LogP contribution in [0.3, 0.4) is 0 Å². The zero-order valence-corrected chi connectivity index (χ0v) is 5.59. The van der Waals surface area contributed by atoms with Gasteiger partial charge in [0.2, 0.25) is 0 Å². The van der Waals surface area contributed by atoms with Crippen molar-refractivity contribution in [2.24, 2.45) is 0 Å². The third-order valence-electron chi connectivity index (χ3n) is 1.31. The van der Waals surface area contributed by atoms with Crippen LogP contribution in [0.4, 0.5) is 4.79 Å². The molecule has 1 aliphatic rings. The molecule has 0 atom stereocenters. The number of nitrogens with zero attached hydrogens (tertiary/aromatic N) is 1. The summed E-state index contributed by atoms with van der Waals surface area (Å²) in [5.74, 6) is -1.77. The first-order chi connectivity index (χ1) is 5.13. The Kier molecular flexibility index (Phi) is 1.75.